The minimum Gasteiger partial charge on any atom is -0.301 e. The first-order valence-corrected chi connectivity index (χ1v) is 14.0. The monoisotopic (exact) mass is 528 g/mol. The van der Waals surface area contributed by atoms with Gasteiger partial charge in [-0.3, -0.25) is 14.9 Å². The molecule has 0 saturated carbocycles. The number of hydrogen-bond acceptors (Lipinski definition) is 10. The maximum Gasteiger partial charge on any atom is 0.269 e. The normalized spacial score (nSPS) is 17.2. The lowest BCUT2D eigenvalue weighted by atomic mass is 10.2. The Labute approximate surface area is 196 Å². The van der Waals surface area contributed by atoms with Crippen LogP contribution in [0.15, 0.2) is 61.3 Å². The summed E-state index contributed by atoms with van der Waals surface area (Å²) in [6.45, 7) is 0.204. The predicted octanol–water partition coefficient (Wildman–Crippen LogP) is 2.74. The summed E-state index contributed by atoms with van der Waals surface area (Å²) in [7, 11) is -7.82. The highest BCUT2D eigenvalue weighted by Gasteiger charge is 2.40. The van der Waals surface area contributed by atoms with E-state index in [0.29, 0.717) is 24.2 Å². The van der Waals surface area contributed by atoms with Gasteiger partial charge in [0.1, 0.15) is 14.5 Å². The van der Waals surface area contributed by atoms with Crippen molar-refractivity contribution in [2.24, 2.45) is 0 Å². The van der Waals surface area contributed by atoms with Gasteiger partial charge in [-0.15, -0.1) is 11.3 Å². The van der Waals surface area contributed by atoms with Crippen molar-refractivity contribution in [3.05, 3.63) is 58.1 Å². The molecule has 1 N–H and O–H groups in total. The van der Waals surface area contributed by atoms with Crippen molar-refractivity contribution in [2.45, 2.75) is 32.2 Å². The number of sulfonamides is 1. The van der Waals surface area contributed by atoms with Gasteiger partial charge in [-0.25, -0.2) is 21.8 Å². The van der Waals surface area contributed by atoms with Gasteiger partial charge in [-0.05, 0) is 36.4 Å². The number of nitrogens with zero attached hydrogens (tertiary/aromatic N) is 3. The zero-order valence-electron chi connectivity index (χ0n) is 16.6. The summed E-state index contributed by atoms with van der Waals surface area (Å²) >= 11 is 1.77. The Morgan fingerprint density at radius 3 is 2.52 bits per heavy atom. The fourth-order valence-electron chi connectivity index (χ4n) is 3.31. The number of nitro groups is 1. The number of nitro benzene ring substituents is 1. The number of anilines is 1. The lowest BCUT2D eigenvalue weighted by Crippen LogP contribution is -2.42. The molecule has 1 aliphatic rings. The highest BCUT2D eigenvalue weighted by atomic mass is 32.2. The number of aromatic nitrogens is 1. The van der Waals surface area contributed by atoms with Crippen LogP contribution in [-0.2, 0) is 24.7 Å². The molecule has 1 atom stereocenters. The third kappa shape index (κ3) is 4.54. The Bertz CT molecular complexity index is 1400. The number of carbonyl (C=O) groups excluding carboxylic acids is 1. The van der Waals surface area contributed by atoms with Gasteiger partial charge in [0.2, 0.25) is 15.7 Å². The van der Waals surface area contributed by atoms with Crippen molar-refractivity contribution in [1.29, 1.82) is 0 Å². The average molecular weight is 529 g/mol. The lowest BCUT2D eigenvalue weighted by Gasteiger charge is -2.22. The van der Waals surface area contributed by atoms with Gasteiger partial charge in [0.25, 0.3) is 15.7 Å². The third-order valence-corrected chi connectivity index (χ3v) is 11.3. The Morgan fingerprint density at radius 2 is 1.88 bits per heavy atom. The van der Waals surface area contributed by atoms with Crippen LogP contribution in [0.4, 0.5) is 10.8 Å². The van der Waals surface area contributed by atoms with Crippen LogP contribution in [0, 0.1) is 10.1 Å². The predicted molar refractivity (Wildman–Crippen MR) is 121 cm³/mol. The van der Waals surface area contributed by atoms with Crippen LogP contribution in [0.25, 0.3) is 0 Å². The van der Waals surface area contributed by atoms with Gasteiger partial charge in [0.05, 0.1) is 16.0 Å². The van der Waals surface area contributed by atoms with Crippen LogP contribution < -0.4 is 5.32 Å². The van der Waals surface area contributed by atoms with E-state index in [9.17, 15) is 31.7 Å². The average Bonchev–Trinajstić information content (AvgIpc) is 3.55. The molecule has 1 amide bonds. The molecule has 174 valence electrons. The van der Waals surface area contributed by atoms with Crippen molar-refractivity contribution in [2.75, 3.05) is 11.9 Å². The molecule has 1 aromatic carbocycles. The third-order valence-electron chi connectivity index (χ3n) is 4.90. The van der Waals surface area contributed by atoms with Crippen molar-refractivity contribution >= 4 is 59.3 Å². The van der Waals surface area contributed by atoms with Gasteiger partial charge >= 0.3 is 0 Å². The maximum atomic E-state index is 12.8. The number of benzene rings is 1. The Morgan fingerprint density at radius 1 is 1.15 bits per heavy atom. The van der Waals surface area contributed by atoms with Crippen LogP contribution in [0.1, 0.15) is 12.8 Å². The van der Waals surface area contributed by atoms with Gasteiger partial charge in [0.15, 0.2) is 5.13 Å². The summed E-state index contributed by atoms with van der Waals surface area (Å²) in [5.74, 6) is -0.596. The number of amides is 1. The molecule has 1 unspecified atom stereocenters. The SMILES string of the molecule is O=C(Nc1ncc(S(=O)(=O)c2ccc([N+](=O)[O-])cc2)s1)C1CCCN1S(=O)(=O)c1cccs1. The second-order valence-corrected chi connectivity index (χ2v) is 13.2. The quantitative estimate of drug-likeness (QED) is 0.362. The molecule has 4 rings (SSSR count). The molecular weight excluding hydrogens is 512 g/mol. The molecule has 2 aromatic heterocycles. The molecule has 1 saturated heterocycles. The van der Waals surface area contributed by atoms with Crippen LogP contribution in [-0.4, -0.2) is 49.5 Å². The molecule has 0 radical (unpaired) electrons. The molecule has 1 aliphatic heterocycles. The number of non-ortho nitro benzene ring substituents is 1. The zero-order valence-corrected chi connectivity index (χ0v) is 19.9. The van der Waals surface area contributed by atoms with E-state index < -0.39 is 36.7 Å². The topological polar surface area (TPSA) is 157 Å². The van der Waals surface area contributed by atoms with Gasteiger partial charge < -0.3 is 5.32 Å². The minimum atomic E-state index is -4.00. The maximum absolute atomic E-state index is 12.8. The standard InChI is InChI=1S/C18H16N4O7S4/c23-17(14-3-1-9-21(14)33(28,29)15-4-2-10-30-15)20-18-19-11-16(31-18)32(26,27)13-7-5-12(6-8-13)22(24)25/h2,4-8,10-11,14H,1,3,9H2,(H,19,20,23). The van der Waals surface area contributed by atoms with E-state index in [1.807, 2.05) is 0 Å². The van der Waals surface area contributed by atoms with E-state index in [1.165, 1.54) is 6.07 Å². The number of thiophene rings is 1. The second-order valence-electron chi connectivity index (χ2n) is 6.93. The van der Waals surface area contributed by atoms with Crippen LogP contribution >= 0.6 is 22.7 Å². The molecule has 0 bridgehead atoms. The van der Waals surface area contributed by atoms with Gasteiger partial charge in [-0.1, -0.05) is 17.4 Å². The summed E-state index contributed by atoms with van der Waals surface area (Å²) in [5, 5.41) is 14.9. The summed E-state index contributed by atoms with van der Waals surface area (Å²) in [6, 6.07) is 6.57. The lowest BCUT2D eigenvalue weighted by molar-refractivity contribution is -0.384. The minimum absolute atomic E-state index is 0.000795. The molecule has 0 spiro atoms. The largest absolute Gasteiger partial charge is 0.301 e. The smallest absolute Gasteiger partial charge is 0.269 e. The van der Waals surface area contributed by atoms with E-state index in [4.69, 9.17) is 0 Å². The highest BCUT2D eigenvalue weighted by molar-refractivity contribution is 7.93. The first kappa shape index (κ1) is 23.4. The van der Waals surface area contributed by atoms with E-state index in [1.54, 1.807) is 11.4 Å². The molecule has 11 nitrogen and oxygen atoms in total. The number of hydrogen-bond donors (Lipinski definition) is 1. The molecular formula is C18H16N4O7S4. The summed E-state index contributed by atoms with van der Waals surface area (Å²) in [4.78, 5) is 26.7. The zero-order chi connectivity index (χ0) is 23.8. The first-order chi connectivity index (χ1) is 15.6. The van der Waals surface area contributed by atoms with Gasteiger partial charge in [-0.2, -0.15) is 4.31 Å². The molecule has 33 heavy (non-hydrogen) atoms. The first-order valence-electron chi connectivity index (χ1n) is 9.42. The number of carbonyl (C=O) groups is 1. The molecule has 0 aliphatic carbocycles. The number of thiazole rings is 1. The highest BCUT2D eigenvalue weighted by Crippen LogP contribution is 2.32. The molecule has 15 heteroatoms. The van der Waals surface area contributed by atoms with Crippen LogP contribution in [0.5, 0.6) is 0 Å². The molecule has 3 heterocycles. The molecule has 1 fully saturated rings. The summed E-state index contributed by atoms with van der Waals surface area (Å²) in [6.07, 6.45) is 1.92. The fraction of sp³-hybridized carbons (Fsp3) is 0.222. The number of rotatable bonds is 7. The van der Waals surface area contributed by atoms with Crippen LogP contribution in [0.3, 0.4) is 0 Å². The summed E-state index contributed by atoms with van der Waals surface area (Å²) in [5.41, 5.74) is -0.246. The van der Waals surface area contributed by atoms with Crippen molar-refractivity contribution in [3.8, 4) is 0 Å². The Hall–Kier alpha value is -2.72. The Balaban J connectivity index is 1.51. The molecule has 3 aromatic rings. The Kier molecular flexibility index (Phi) is 6.32. The van der Waals surface area contributed by atoms with Crippen molar-refractivity contribution in [1.82, 2.24) is 9.29 Å². The van der Waals surface area contributed by atoms with Crippen molar-refractivity contribution < 1.29 is 26.6 Å². The van der Waals surface area contributed by atoms with E-state index in [-0.39, 0.29) is 30.7 Å². The summed E-state index contributed by atoms with van der Waals surface area (Å²) < 4.78 is 52.4. The van der Waals surface area contributed by atoms with Gasteiger partial charge in [0, 0.05) is 18.7 Å². The van der Waals surface area contributed by atoms with E-state index in [0.717, 1.165) is 46.1 Å². The number of nitrogens with one attached hydrogen (secondary N) is 1. The van der Waals surface area contributed by atoms with Crippen LogP contribution in [0.2, 0.25) is 0 Å². The van der Waals surface area contributed by atoms with E-state index in [2.05, 4.69) is 10.3 Å². The van der Waals surface area contributed by atoms with Crippen molar-refractivity contribution in [3.63, 3.8) is 0 Å². The second kappa shape index (κ2) is 8.90. The number of sulfone groups is 1. The van der Waals surface area contributed by atoms with E-state index >= 15 is 0 Å². The fourth-order valence-corrected chi connectivity index (χ4v) is 8.52.